The van der Waals surface area contributed by atoms with Gasteiger partial charge in [0, 0.05) is 59.7 Å². The van der Waals surface area contributed by atoms with Crippen molar-refractivity contribution in [2.24, 2.45) is 12.0 Å². The smallest absolute Gasteiger partial charge is 0.246 e. The van der Waals surface area contributed by atoms with Crippen LogP contribution in [0, 0.1) is 6.92 Å². The van der Waals surface area contributed by atoms with Gasteiger partial charge in [0.05, 0.1) is 11.9 Å². The molecule has 0 radical (unpaired) electrons. The van der Waals surface area contributed by atoms with Crippen molar-refractivity contribution >= 4 is 23.2 Å². The Labute approximate surface area is 166 Å². The molecule has 1 amide bonds. The summed E-state index contributed by atoms with van der Waals surface area (Å²) in [7, 11) is 7.68. The topological polar surface area (TPSA) is 69.0 Å². The number of carbonyl (C=O) groups excluding carboxylic acids is 1. The summed E-state index contributed by atoms with van der Waals surface area (Å²) in [6.45, 7) is 4.42. The Hall–Kier alpha value is -3.03. The van der Waals surface area contributed by atoms with Gasteiger partial charge in [0.25, 0.3) is 0 Å². The van der Waals surface area contributed by atoms with Gasteiger partial charge in [0.15, 0.2) is 5.96 Å². The van der Waals surface area contributed by atoms with Crippen LogP contribution in [-0.2, 0) is 18.4 Å². The average Bonchev–Trinajstić information content (AvgIpc) is 3.09. The Balaban J connectivity index is 1.61. The largest absolute Gasteiger partial charge is 0.378 e. The normalized spacial score (nSPS) is 15.2. The number of guanidine groups is 1. The van der Waals surface area contributed by atoms with Crippen LogP contribution in [0.4, 0.5) is 11.4 Å². The summed E-state index contributed by atoms with van der Waals surface area (Å²) in [6, 6.07) is 6.43. The molecule has 150 valence electrons. The van der Waals surface area contributed by atoms with Crippen molar-refractivity contribution < 1.29 is 4.79 Å². The molecule has 3 rings (SSSR count). The van der Waals surface area contributed by atoms with Gasteiger partial charge in [-0.25, -0.2) is 0 Å². The van der Waals surface area contributed by atoms with Crippen LogP contribution in [0.1, 0.15) is 11.1 Å². The molecule has 1 aromatic heterocycles. The molecule has 0 saturated carbocycles. The molecule has 0 spiro atoms. The first kappa shape index (κ1) is 19.7. The van der Waals surface area contributed by atoms with E-state index in [2.05, 4.69) is 45.4 Å². The third kappa shape index (κ3) is 4.27. The summed E-state index contributed by atoms with van der Waals surface area (Å²) < 4.78 is 1.71. The minimum absolute atomic E-state index is 0.0497. The molecule has 2 aromatic rings. The van der Waals surface area contributed by atoms with Gasteiger partial charge >= 0.3 is 0 Å². The van der Waals surface area contributed by atoms with Crippen LogP contribution in [0.15, 0.2) is 35.6 Å². The monoisotopic (exact) mass is 383 g/mol. The second-order valence-corrected chi connectivity index (χ2v) is 7.25. The van der Waals surface area contributed by atoms with Gasteiger partial charge in [-0.15, -0.1) is 0 Å². The van der Waals surface area contributed by atoms with Gasteiger partial charge in [-0.3, -0.25) is 14.5 Å². The Morgan fingerprint density at radius 1 is 1.32 bits per heavy atom. The number of aromatic nitrogens is 2. The van der Waals surface area contributed by atoms with Gasteiger partial charge in [0.2, 0.25) is 5.91 Å². The van der Waals surface area contributed by atoms with Crippen LogP contribution >= 0.6 is 0 Å². The highest BCUT2D eigenvalue weighted by atomic mass is 16.2. The molecule has 2 heterocycles. The maximum absolute atomic E-state index is 12.6. The summed E-state index contributed by atoms with van der Waals surface area (Å²) in [4.78, 5) is 22.9. The highest BCUT2D eigenvalue weighted by Crippen LogP contribution is 2.18. The number of anilines is 2. The van der Waals surface area contributed by atoms with E-state index >= 15 is 0 Å². The molecule has 1 fully saturated rings. The molecule has 8 nitrogen and oxygen atoms in total. The van der Waals surface area contributed by atoms with Gasteiger partial charge < -0.3 is 20.0 Å². The maximum Gasteiger partial charge on any atom is 0.246 e. The highest BCUT2D eigenvalue weighted by Gasteiger charge is 2.27. The van der Waals surface area contributed by atoms with Crippen LogP contribution in [0.2, 0.25) is 0 Å². The third-order valence-corrected chi connectivity index (χ3v) is 5.01. The number of nitrogens with zero attached hydrogens (tertiary/aromatic N) is 6. The van der Waals surface area contributed by atoms with Crippen molar-refractivity contribution in [1.82, 2.24) is 20.0 Å². The molecule has 1 saturated heterocycles. The molecule has 0 atom stereocenters. The van der Waals surface area contributed by atoms with Gasteiger partial charge in [0.1, 0.15) is 6.54 Å². The van der Waals surface area contributed by atoms with Crippen molar-refractivity contribution in [1.29, 1.82) is 0 Å². The lowest BCUT2D eigenvalue weighted by atomic mass is 10.1. The van der Waals surface area contributed by atoms with E-state index in [0.717, 1.165) is 18.2 Å². The number of nitrogens with one attached hydrogen (secondary N) is 1. The van der Waals surface area contributed by atoms with E-state index in [0.29, 0.717) is 19.6 Å². The summed E-state index contributed by atoms with van der Waals surface area (Å²) >= 11 is 0. The van der Waals surface area contributed by atoms with Crippen molar-refractivity contribution in [2.75, 3.05) is 50.6 Å². The maximum atomic E-state index is 12.6. The van der Waals surface area contributed by atoms with Crippen LogP contribution in [-0.4, -0.2) is 67.3 Å². The number of carbonyl (C=O) groups is 1. The quantitative estimate of drug-likeness (QED) is 0.635. The first-order chi connectivity index (χ1) is 13.4. The molecular weight excluding hydrogens is 354 g/mol. The zero-order valence-electron chi connectivity index (χ0n) is 17.3. The fourth-order valence-electron chi connectivity index (χ4n) is 3.34. The Morgan fingerprint density at radius 2 is 2.11 bits per heavy atom. The van der Waals surface area contributed by atoms with Crippen molar-refractivity contribution in [3.63, 3.8) is 0 Å². The average molecular weight is 384 g/mol. The van der Waals surface area contributed by atoms with Gasteiger partial charge in [-0.1, -0.05) is 6.07 Å². The summed E-state index contributed by atoms with van der Waals surface area (Å²) in [5, 5.41) is 7.55. The molecule has 1 aliphatic rings. The minimum atomic E-state index is 0.0497. The predicted molar refractivity (Wildman–Crippen MR) is 113 cm³/mol. The summed E-state index contributed by atoms with van der Waals surface area (Å²) in [5.41, 5.74) is 4.47. The van der Waals surface area contributed by atoms with Crippen LogP contribution < -0.4 is 15.1 Å². The Bertz CT molecular complexity index is 871. The summed E-state index contributed by atoms with van der Waals surface area (Å²) in [5.74, 6) is 0.795. The van der Waals surface area contributed by atoms with Gasteiger partial charge in [-0.05, 0) is 30.2 Å². The molecule has 28 heavy (non-hydrogen) atoms. The van der Waals surface area contributed by atoms with E-state index in [4.69, 9.17) is 0 Å². The van der Waals surface area contributed by atoms with E-state index in [1.165, 1.54) is 16.8 Å². The molecule has 1 aliphatic heterocycles. The number of aryl methyl sites for hydroxylation is 2. The molecule has 0 aliphatic carbocycles. The molecule has 1 N–H and O–H groups in total. The number of hydrogen-bond donors (Lipinski definition) is 1. The van der Waals surface area contributed by atoms with E-state index in [9.17, 15) is 4.79 Å². The first-order valence-electron chi connectivity index (χ1n) is 9.40. The van der Waals surface area contributed by atoms with Crippen molar-refractivity contribution in [3.05, 3.63) is 41.7 Å². The van der Waals surface area contributed by atoms with Crippen molar-refractivity contribution in [2.45, 2.75) is 13.5 Å². The molecule has 0 bridgehead atoms. The lowest BCUT2D eigenvalue weighted by Gasteiger charge is -2.35. The Kier molecular flexibility index (Phi) is 5.87. The number of hydrogen-bond acceptors (Lipinski definition) is 4. The van der Waals surface area contributed by atoms with Crippen molar-refractivity contribution in [3.8, 4) is 0 Å². The van der Waals surface area contributed by atoms with Crippen LogP contribution in [0.5, 0.6) is 0 Å². The molecule has 1 aromatic carbocycles. The zero-order valence-corrected chi connectivity index (χ0v) is 17.3. The number of rotatable bonds is 4. The third-order valence-electron chi connectivity index (χ3n) is 5.01. The minimum Gasteiger partial charge on any atom is -0.378 e. The number of amides is 1. The van der Waals surface area contributed by atoms with Crippen LogP contribution in [0.25, 0.3) is 0 Å². The fraction of sp³-hybridized carbons (Fsp3) is 0.450. The SMILES string of the molecule is CN=C(NCc1ccc(N(C)C)cc1C)N1CCN(c2cnn(C)c2)C(=O)C1. The van der Waals surface area contributed by atoms with E-state index < -0.39 is 0 Å². The van der Waals surface area contributed by atoms with E-state index in [-0.39, 0.29) is 5.91 Å². The molecule has 8 heteroatoms. The van der Waals surface area contributed by atoms with Crippen LogP contribution in [0.3, 0.4) is 0 Å². The second kappa shape index (κ2) is 8.33. The zero-order chi connectivity index (χ0) is 20.3. The van der Waals surface area contributed by atoms with E-state index in [1.807, 2.05) is 32.2 Å². The highest BCUT2D eigenvalue weighted by molar-refractivity contribution is 5.98. The second-order valence-electron chi connectivity index (χ2n) is 7.25. The fourth-order valence-corrected chi connectivity index (χ4v) is 3.34. The predicted octanol–water partition coefficient (Wildman–Crippen LogP) is 1.22. The number of benzene rings is 1. The Morgan fingerprint density at radius 3 is 2.68 bits per heavy atom. The first-order valence-corrected chi connectivity index (χ1v) is 9.40. The number of piperazine rings is 1. The lowest BCUT2D eigenvalue weighted by molar-refractivity contribution is -0.120. The van der Waals surface area contributed by atoms with Gasteiger partial charge in [-0.2, -0.15) is 5.10 Å². The standard InChI is InChI=1S/C20H29N7O/c1-15-10-17(24(3)4)7-6-16(15)11-22-20(21-2)26-8-9-27(19(28)14-26)18-12-23-25(5)13-18/h6-7,10,12-13H,8-9,11,14H2,1-5H3,(H,21,22). The summed E-state index contributed by atoms with van der Waals surface area (Å²) in [6.07, 6.45) is 3.58. The number of aliphatic imine (C=N–C) groups is 1. The lowest BCUT2D eigenvalue weighted by Crippen LogP contribution is -2.55. The molecular formula is C20H29N7O. The molecule has 0 unspecified atom stereocenters. The van der Waals surface area contributed by atoms with E-state index in [1.54, 1.807) is 22.8 Å².